The number of hydrogen-bond donors (Lipinski definition) is 1. The largest absolute Gasteiger partial charge is 0.390 e. The molecule has 0 bridgehead atoms. The second-order valence-electron chi connectivity index (χ2n) is 6.86. The predicted octanol–water partition coefficient (Wildman–Crippen LogP) is 5.73. The average Bonchev–Trinajstić information content (AvgIpc) is 2.65. The van der Waals surface area contributed by atoms with Gasteiger partial charge in [-0.05, 0) is 62.1 Å². The van der Waals surface area contributed by atoms with Crippen LogP contribution in [0.1, 0.15) is 36.0 Å². The molecule has 0 aliphatic heterocycles. The summed E-state index contributed by atoms with van der Waals surface area (Å²) in [7, 11) is 0. The Morgan fingerprint density at radius 1 is 1.00 bits per heavy atom. The van der Waals surface area contributed by atoms with Gasteiger partial charge in [0.1, 0.15) is 0 Å². The Bertz CT molecular complexity index is 700. The Labute approximate surface area is 159 Å². The van der Waals surface area contributed by atoms with Crippen molar-refractivity contribution >= 4 is 11.3 Å². The highest BCUT2D eigenvalue weighted by atomic mass is 15.1. The molecule has 0 spiro atoms. The lowest BCUT2D eigenvalue weighted by Gasteiger charge is -2.26. The third-order valence-electron chi connectivity index (χ3n) is 4.74. The van der Waals surface area contributed by atoms with Gasteiger partial charge in [-0.2, -0.15) is 0 Å². The number of para-hydroxylation sites is 1. The number of nitrogens with zero attached hydrogens (tertiary/aromatic N) is 1. The van der Waals surface area contributed by atoms with Crippen LogP contribution in [-0.4, -0.2) is 19.6 Å². The number of rotatable bonds is 11. The predicted molar refractivity (Wildman–Crippen MR) is 116 cm³/mol. The van der Waals surface area contributed by atoms with Gasteiger partial charge in [-0.3, -0.25) is 0 Å². The minimum atomic E-state index is 0.911. The number of allylic oxidation sites excluding steroid dienone is 1. The zero-order chi connectivity index (χ0) is 18.8. The van der Waals surface area contributed by atoms with E-state index in [2.05, 4.69) is 85.8 Å². The van der Waals surface area contributed by atoms with Gasteiger partial charge in [-0.25, -0.2) is 0 Å². The van der Waals surface area contributed by atoms with Crippen LogP contribution in [0.3, 0.4) is 0 Å². The number of anilines is 1. The van der Waals surface area contributed by atoms with Gasteiger partial charge in [0.2, 0.25) is 0 Å². The summed E-state index contributed by atoms with van der Waals surface area (Å²) in [5.41, 5.74) is 6.46. The molecule has 0 atom stereocenters. The molecule has 2 aromatic rings. The minimum absolute atomic E-state index is 0.911. The summed E-state index contributed by atoms with van der Waals surface area (Å²) < 4.78 is 0. The second-order valence-corrected chi connectivity index (χ2v) is 6.86. The van der Waals surface area contributed by atoms with E-state index in [-0.39, 0.29) is 0 Å². The first-order chi connectivity index (χ1) is 12.6. The highest BCUT2D eigenvalue weighted by Gasteiger charge is 2.08. The Hall–Kier alpha value is -2.48. The Morgan fingerprint density at radius 2 is 1.73 bits per heavy atom. The Kier molecular flexibility index (Phi) is 8.01. The maximum atomic E-state index is 4.27. The van der Waals surface area contributed by atoms with Crippen LogP contribution in [0.2, 0.25) is 0 Å². The van der Waals surface area contributed by atoms with Crippen LogP contribution in [0, 0.1) is 13.8 Å². The fraction of sp³-hybridized carbons (Fsp3) is 0.333. The van der Waals surface area contributed by atoms with Crippen LogP contribution in [0.5, 0.6) is 0 Å². The molecule has 0 aliphatic rings. The molecule has 1 N–H and O–H groups in total. The van der Waals surface area contributed by atoms with Crippen LogP contribution in [-0.2, 0) is 0 Å². The number of hydrogen-bond acceptors (Lipinski definition) is 2. The normalized spacial score (nSPS) is 10.4. The standard InChI is InChI=1S/C24H32N2/c1-5-25-17-19-26(24-12-7-6-11-22(24)4)18-9-8-10-21(3)23-15-13-20(2)14-16-23/h5-7,11-16,25H,1,3,8-10,17-19H2,2,4H3. The molecule has 0 amide bonds. The van der Waals surface area contributed by atoms with Crippen LogP contribution >= 0.6 is 0 Å². The van der Waals surface area contributed by atoms with E-state index in [1.54, 1.807) is 6.20 Å². The molecule has 2 nitrogen and oxygen atoms in total. The smallest absolute Gasteiger partial charge is 0.0396 e. The molecule has 0 aromatic heterocycles. The maximum Gasteiger partial charge on any atom is 0.0396 e. The number of benzene rings is 2. The van der Waals surface area contributed by atoms with Gasteiger partial charge in [-0.15, -0.1) is 0 Å². The first-order valence-corrected chi connectivity index (χ1v) is 9.51. The first-order valence-electron chi connectivity index (χ1n) is 9.51. The lowest BCUT2D eigenvalue weighted by Crippen LogP contribution is -2.31. The quantitative estimate of drug-likeness (QED) is 0.522. The summed E-state index contributed by atoms with van der Waals surface area (Å²) >= 11 is 0. The SMILES string of the molecule is C=CNCCN(CCCCC(=C)c1ccc(C)cc1)c1ccccc1C. The van der Waals surface area contributed by atoms with Gasteiger partial charge in [0.25, 0.3) is 0 Å². The maximum absolute atomic E-state index is 4.27. The van der Waals surface area contributed by atoms with Crippen molar-refractivity contribution in [2.24, 2.45) is 0 Å². The first kappa shape index (κ1) is 19.8. The van der Waals surface area contributed by atoms with Gasteiger partial charge >= 0.3 is 0 Å². The third kappa shape index (κ3) is 6.11. The second kappa shape index (κ2) is 10.5. The van der Waals surface area contributed by atoms with E-state index in [4.69, 9.17) is 0 Å². The van der Waals surface area contributed by atoms with E-state index < -0.39 is 0 Å². The fourth-order valence-electron chi connectivity index (χ4n) is 3.15. The molecule has 0 heterocycles. The molecule has 0 aliphatic carbocycles. The van der Waals surface area contributed by atoms with Crippen LogP contribution in [0.4, 0.5) is 5.69 Å². The van der Waals surface area contributed by atoms with Gasteiger partial charge in [0, 0.05) is 25.3 Å². The van der Waals surface area contributed by atoms with Gasteiger partial charge in [0.15, 0.2) is 0 Å². The van der Waals surface area contributed by atoms with E-state index in [1.807, 2.05) is 0 Å². The number of nitrogens with one attached hydrogen (secondary N) is 1. The van der Waals surface area contributed by atoms with Crippen molar-refractivity contribution in [3.05, 3.63) is 84.6 Å². The lowest BCUT2D eigenvalue weighted by atomic mass is 10.0. The molecular formula is C24H32N2. The van der Waals surface area contributed by atoms with E-state index in [0.29, 0.717) is 0 Å². The summed E-state index contributed by atoms with van der Waals surface area (Å²) in [6.07, 6.45) is 5.13. The van der Waals surface area contributed by atoms with E-state index in [1.165, 1.54) is 28.0 Å². The molecule has 0 fully saturated rings. The summed E-state index contributed by atoms with van der Waals surface area (Å²) in [5.74, 6) is 0. The summed E-state index contributed by atoms with van der Waals surface area (Å²) in [4.78, 5) is 2.47. The Morgan fingerprint density at radius 3 is 2.42 bits per heavy atom. The van der Waals surface area contributed by atoms with Crippen molar-refractivity contribution in [1.29, 1.82) is 0 Å². The van der Waals surface area contributed by atoms with E-state index in [9.17, 15) is 0 Å². The van der Waals surface area contributed by atoms with Crippen molar-refractivity contribution in [2.45, 2.75) is 33.1 Å². The van der Waals surface area contributed by atoms with Crippen LogP contribution < -0.4 is 10.2 Å². The molecule has 0 radical (unpaired) electrons. The summed E-state index contributed by atoms with van der Waals surface area (Å²) in [6, 6.07) is 17.3. The number of unbranched alkanes of at least 4 members (excludes halogenated alkanes) is 1. The molecule has 0 unspecified atom stereocenters. The van der Waals surface area contributed by atoms with E-state index in [0.717, 1.165) is 38.9 Å². The van der Waals surface area contributed by atoms with E-state index >= 15 is 0 Å². The molecule has 2 heteroatoms. The minimum Gasteiger partial charge on any atom is -0.390 e. The van der Waals surface area contributed by atoms with Crippen molar-refractivity contribution in [2.75, 3.05) is 24.5 Å². The Balaban J connectivity index is 1.86. The van der Waals surface area contributed by atoms with Crippen LogP contribution in [0.15, 0.2) is 67.9 Å². The van der Waals surface area contributed by atoms with Gasteiger partial charge in [0.05, 0.1) is 0 Å². The zero-order valence-corrected chi connectivity index (χ0v) is 16.3. The van der Waals surface area contributed by atoms with Gasteiger partial charge < -0.3 is 10.2 Å². The lowest BCUT2D eigenvalue weighted by molar-refractivity contribution is 0.679. The molecule has 0 saturated heterocycles. The molecule has 0 saturated carbocycles. The molecule has 2 rings (SSSR count). The zero-order valence-electron chi connectivity index (χ0n) is 16.3. The van der Waals surface area contributed by atoms with Crippen molar-refractivity contribution in [3.63, 3.8) is 0 Å². The van der Waals surface area contributed by atoms with Crippen molar-refractivity contribution in [3.8, 4) is 0 Å². The highest BCUT2D eigenvalue weighted by molar-refractivity contribution is 5.63. The summed E-state index contributed by atoms with van der Waals surface area (Å²) in [5, 5.41) is 3.21. The molecule has 2 aromatic carbocycles. The molecule has 26 heavy (non-hydrogen) atoms. The molecular weight excluding hydrogens is 316 g/mol. The topological polar surface area (TPSA) is 15.3 Å². The van der Waals surface area contributed by atoms with Crippen molar-refractivity contribution < 1.29 is 0 Å². The van der Waals surface area contributed by atoms with Crippen molar-refractivity contribution in [1.82, 2.24) is 5.32 Å². The molecule has 138 valence electrons. The monoisotopic (exact) mass is 348 g/mol. The summed E-state index contributed by atoms with van der Waals surface area (Å²) in [6.45, 7) is 15.3. The van der Waals surface area contributed by atoms with Gasteiger partial charge in [-0.1, -0.05) is 61.2 Å². The van der Waals surface area contributed by atoms with Crippen LogP contribution in [0.25, 0.3) is 5.57 Å². The third-order valence-corrected chi connectivity index (χ3v) is 4.74. The average molecular weight is 349 g/mol. The fourth-order valence-corrected chi connectivity index (χ4v) is 3.15. The highest BCUT2D eigenvalue weighted by Crippen LogP contribution is 2.22. The number of aryl methyl sites for hydroxylation is 2.